The van der Waals surface area contributed by atoms with Gasteiger partial charge in [0.15, 0.2) is 6.04 Å². The van der Waals surface area contributed by atoms with E-state index in [9.17, 15) is 9.59 Å². The van der Waals surface area contributed by atoms with Gasteiger partial charge in [0.25, 0.3) is 0 Å². The van der Waals surface area contributed by atoms with Crippen molar-refractivity contribution in [3.8, 4) is 11.4 Å². The SMILES string of the molecule is CCC(C(=O)NCC(=O)N1CCN(c2ccccc2)CC1)n1nnc(-c2ccc(Cl)cc2)n1. The topological polar surface area (TPSA) is 96.2 Å². The number of carbonyl (C=O) groups is 2. The number of carbonyl (C=O) groups excluding carboxylic acids is 2. The van der Waals surface area contributed by atoms with Crippen LogP contribution in [0.25, 0.3) is 11.4 Å². The van der Waals surface area contributed by atoms with Crippen molar-refractivity contribution in [2.45, 2.75) is 19.4 Å². The Bertz CT molecular complexity index is 1080. The maximum absolute atomic E-state index is 12.8. The molecule has 0 bridgehead atoms. The van der Waals surface area contributed by atoms with Gasteiger partial charge < -0.3 is 15.1 Å². The number of anilines is 1. The summed E-state index contributed by atoms with van der Waals surface area (Å²) in [6.45, 7) is 4.57. The second-order valence-corrected chi connectivity index (χ2v) is 8.22. The van der Waals surface area contributed by atoms with Gasteiger partial charge in [0.1, 0.15) is 0 Å². The maximum atomic E-state index is 12.8. The van der Waals surface area contributed by atoms with E-state index in [1.54, 1.807) is 29.2 Å². The summed E-state index contributed by atoms with van der Waals surface area (Å²) < 4.78 is 0. The highest BCUT2D eigenvalue weighted by Crippen LogP contribution is 2.19. The van der Waals surface area contributed by atoms with E-state index >= 15 is 0 Å². The lowest BCUT2D eigenvalue weighted by molar-refractivity contribution is -0.134. The van der Waals surface area contributed by atoms with Crippen LogP contribution in [0.1, 0.15) is 19.4 Å². The van der Waals surface area contributed by atoms with Gasteiger partial charge in [-0.15, -0.1) is 10.2 Å². The van der Waals surface area contributed by atoms with E-state index < -0.39 is 6.04 Å². The fraction of sp³-hybridized carbons (Fsp3) is 0.348. The molecule has 9 nitrogen and oxygen atoms in total. The summed E-state index contributed by atoms with van der Waals surface area (Å²) in [7, 11) is 0. The van der Waals surface area contributed by atoms with E-state index in [1.165, 1.54) is 4.80 Å². The Hall–Kier alpha value is -3.46. The molecule has 0 radical (unpaired) electrons. The third-order valence-electron chi connectivity index (χ3n) is 5.67. The number of hydrogen-bond donors (Lipinski definition) is 1. The molecule has 172 valence electrons. The molecule has 0 aliphatic carbocycles. The van der Waals surface area contributed by atoms with Gasteiger partial charge in [0.05, 0.1) is 6.54 Å². The number of halogens is 1. The van der Waals surface area contributed by atoms with E-state index in [4.69, 9.17) is 11.6 Å². The second kappa shape index (κ2) is 10.4. The van der Waals surface area contributed by atoms with Gasteiger partial charge in [-0.1, -0.05) is 36.7 Å². The lowest BCUT2D eigenvalue weighted by Crippen LogP contribution is -2.51. The fourth-order valence-electron chi connectivity index (χ4n) is 3.77. The Morgan fingerprint density at radius 1 is 1.03 bits per heavy atom. The molecule has 0 saturated carbocycles. The summed E-state index contributed by atoms with van der Waals surface area (Å²) in [5.41, 5.74) is 1.91. The lowest BCUT2D eigenvalue weighted by atomic mass is 10.2. The summed E-state index contributed by atoms with van der Waals surface area (Å²) in [5.74, 6) is -0.00146. The van der Waals surface area contributed by atoms with Crippen LogP contribution in [-0.2, 0) is 9.59 Å². The summed E-state index contributed by atoms with van der Waals surface area (Å²) in [6.07, 6.45) is 0.464. The number of amides is 2. The molecular formula is C23H26ClN7O2. The van der Waals surface area contributed by atoms with Gasteiger partial charge >= 0.3 is 0 Å². The van der Waals surface area contributed by atoms with Crippen molar-refractivity contribution >= 4 is 29.1 Å². The molecule has 1 aliphatic heterocycles. The molecule has 33 heavy (non-hydrogen) atoms. The van der Waals surface area contributed by atoms with Crippen molar-refractivity contribution in [2.75, 3.05) is 37.6 Å². The highest BCUT2D eigenvalue weighted by molar-refractivity contribution is 6.30. The van der Waals surface area contributed by atoms with Gasteiger partial charge in [-0.05, 0) is 48.0 Å². The van der Waals surface area contributed by atoms with Crippen molar-refractivity contribution in [3.05, 3.63) is 59.6 Å². The minimum Gasteiger partial charge on any atom is -0.368 e. The molecule has 2 heterocycles. The Kier molecular flexibility index (Phi) is 7.19. The molecule has 1 saturated heterocycles. The number of nitrogens with one attached hydrogen (secondary N) is 1. The number of piperazine rings is 1. The van der Waals surface area contributed by atoms with Crippen LogP contribution in [0.2, 0.25) is 5.02 Å². The van der Waals surface area contributed by atoms with Gasteiger partial charge in [-0.25, -0.2) is 0 Å². The van der Waals surface area contributed by atoms with E-state index in [-0.39, 0.29) is 18.4 Å². The van der Waals surface area contributed by atoms with Crippen LogP contribution in [0.5, 0.6) is 0 Å². The molecule has 4 rings (SSSR count). The first-order valence-corrected chi connectivity index (χ1v) is 11.3. The Balaban J connectivity index is 1.29. The molecule has 2 aromatic carbocycles. The highest BCUT2D eigenvalue weighted by Gasteiger charge is 2.25. The standard InChI is InChI=1S/C23H26ClN7O2/c1-2-20(31-27-22(26-28-31)17-8-10-18(24)11-9-17)23(33)25-16-21(32)30-14-12-29(13-15-30)19-6-4-3-5-7-19/h3-11,20H,2,12-16H2,1H3,(H,25,33). The maximum Gasteiger partial charge on any atom is 0.247 e. The normalized spacial score (nSPS) is 14.7. The molecule has 2 amide bonds. The van der Waals surface area contributed by atoms with Gasteiger partial charge in [-0.2, -0.15) is 4.80 Å². The Morgan fingerprint density at radius 2 is 1.73 bits per heavy atom. The van der Waals surface area contributed by atoms with Crippen LogP contribution in [0.4, 0.5) is 5.69 Å². The molecule has 1 unspecified atom stereocenters. The van der Waals surface area contributed by atoms with Crippen LogP contribution < -0.4 is 10.2 Å². The number of aromatic nitrogens is 4. The minimum absolute atomic E-state index is 0.0561. The molecule has 1 aliphatic rings. The van der Waals surface area contributed by atoms with Crippen molar-refractivity contribution in [3.63, 3.8) is 0 Å². The second-order valence-electron chi connectivity index (χ2n) is 7.79. The van der Waals surface area contributed by atoms with Crippen molar-refractivity contribution in [1.82, 2.24) is 30.4 Å². The van der Waals surface area contributed by atoms with Crippen LogP contribution in [0.3, 0.4) is 0 Å². The van der Waals surface area contributed by atoms with E-state index in [0.717, 1.165) is 24.3 Å². The summed E-state index contributed by atoms with van der Waals surface area (Å²) >= 11 is 5.92. The van der Waals surface area contributed by atoms with Crippen LogP contribution in [-0.4, -0.2) is 69.6 Å². The molecule has 0 spiro atoms. The zero-order valence-electron chi connectivity index (χ0n) is 18.4. The number of hydrogen-bond acceptors (Lipinski definition) is 6. The third-order valence-corrected chi connectivity index (χ3v) is 5.92. The van der Waals surface area contributed by atoms with Crippen LogP contribution >= 0.6 is 11.6 Å². The number of para-hydroxylation sites is 1. The van der Waals surface area contributed by atoms with Crippen molar-refractivity contribution in [2.24, 2.45) is 0 Å². The van der Waals surface area contributed by atoms with Crippen LogP contribution in [0, 0.1) is 0 Å². The summed E-state index contributed by atoms with van der Waals surface area (Å²) in [6, 6.07) is 16.6. The van der Waals surface area contributed by atoms with Crippen LogP contribution in [0.15, 0.2) is 54.6 Å². The smallest absolute Gasteiger partial charge is 0.247 e. The zero-order chi connectivity index (χ0) is 23.2. The quantitative estimate of drug-likeness (QED) is 0.573. The van der Waals surface area contributed by atoms with Gasteiger partial charge in [0.2, 0.25) is 17.6 Å². The third kappa shape index (κ3) is 5.48. The number of benzene rings is 2. The van der Waals surface area contributed by atoms with Gasteiger partial charge in [0, 0.05) is 42.5 Å². The number of tetrazole rings is 1. The molecule has 1 N–H and O–H groups in total. The van der Waals surface area contributed by atoms with E-state index in [0.29, 0.717) is 30.4 Å². The molecule has 1 fully saturated rings. The first kappa shape index (κ1) is 22.7. The lowest BCUT2D eigenvalue weighted by Gasteiger charge is -2.36. The zero-order valence-corrected chi connectivity index (χ0v) is 19.1. The molecule has 1 aromatic heterocycles. The number of nitrogens with zero attached hydrogens (tertiary/aromatic N) is 6. The van der Waals surface area contributed by atoms with Crippen molar-refractivity contribution < 1.29 is 9.59 Å². The largest absolute Gasteiger partial charge is 0.368 e. The Labute approximate surface area is 197 Å². The average molecular weight is 468 g/mol. The molecular weight excluding hydrogens is 442 g/mol. The van der Waals surface area contributed by atoms with E-state index in [2.05, 4.69) is 37.8 Å². The highest BCUT2D eigenvalue weighted by atomic mass is 35.5. The first-order valence-electron chi connectivity index (χ1n) is 11.0. The Morgan fingerprint density at radius 3 is 2.39 bits per heavy atom. The average Bonchev–Trinajstić information content (AvgIpc) is 3.34. The predicted molar refractivity (Wildman–Crippen MR) is 126 cm³/mol. The van der Waals surface area contributed by atoms with Crippen molar-refractivity contribution in [1.29, 1.82) is 0 Å². The number of rotatable bonds is 7. The summed E-state index contributed by atoms with van der Waals surface area (Å²) in [5, 5.41) is 15.8. The monoisotopic (exact) mass is 467 g/mol. The molecule has 10 heteroatoms. The predicted octanol–water partition coefficient (Wildman–Crippen LogP) is 2.41. The minimum atomic E-state index is -0.652. The summed E-state index contributed by atoms with van der Waals surface area (Å²) in [4.78, 5) is 30.7. The van der Waals surface area contributed by atoms with E-state index in [1.807, 2.05) is 25.1 Å². The molecule has 1 atom stereocenters. The van der Waals surface area contributed by atoms with Gasteiger partial charge in [-0.3, -0.25) is 9.59 Å². The molecule has 3 aromatic rings. The first-order chi connectivity index (χ1) is 16.0. The fourth-order valence-corrected chi connectivity index (χ4v) is 3.90.